The molecule has 1 amide bonds. The summed E-state index contributed by atoms with van der Waals surface area (Å²) in [6.07, 6.45) is 0.415. The molecule has 0 spiro atoms. The minimum absolute atomic E-state index is 0.0784. The molecular formula is C11H20N2O4. The lowest BCUT2D eigenvalue weighted by atomic mass is 10.0. The second kappa shape index (κ2) is 5.97. The van der Waals surface area contributed by atoms with Gasteiger partial charge in [-0.3, -0.25) is 4.79 Å². The first kappa shape index (κ1) is 13.9. The van der Waals surface area contributed by atoms with Crippen molar-refractivity contribution in [3.63, 3.8) is 0 Å². The van der Waals surface area contributed by atoms with Crippen LogP contribution in [-0.4, -0.2) is 52.2 Å². The summed E-state index contributed by atoms with van der Waals surface area (Å²) in [6, 6.07) is -0.896. The van der Waals surface area contributed by atoms with Gasteiger partial charge in [-0.15, -0.1) is 0 Å². The largest absolute Gasteiger partial charge is 0.480 e. The Hall–Kier alpha value is -1.14. The van der Waals surface area contributed by atoms with E-state index in [1.54, 1.807) is 0 Å². The van der Waals surface area contributed by atoms with Crippen LogP contribution >= 0.6 is 0 Å². The topological polar surface area (TPSA) is 104 Å². The Balaban J connectivity index is 2.64. The molecule has 0 aliphatic carbocycles. The maximum atomic E-state index is 11.9. The molecule has 0 aromatic rings. The monoisotopic (exact) mass is 244 g/mol. The molecule has 3 atom stereocenters. The van der Waals surface area contributed by atoms with Crippen LogP contribution in [0.2, 0.25) is 0 Å². The highest BCUT2D eigenvalue weighted by Gasteiger charge is 2.38. The summed E-state index contributed by atoms with van der Waals surface area (Å²) >= 11 is 0. The van der Waals surface area contributed by atoms with Crippen LogP contribution in [0.25, 0.3) is 0 Å². The highest BCUT2D eigenvalue weighted by atomic mass is 16.4. The van der Waals surface area contributed by atoms with E-state index in [0.29, 0.717) is 6.54 Å². The Bertz CT molecular complexity index is 291. The van der Waals surface area contributed by atoms with Gasteiger partial charge in [0.05, 0.1) is 6.10 Å². The first-order valence-electron chi connectivity index (χ1n) is 5.90. The molecule has 3 unspecified atom stereocenters. The van der Waals surface area contributed by atoms with Gasteiger partial charge in [0.2, 0.25) is 5.91 Å². The van der Waals surface area contributed by atoms with Crippen molar-refractivity contribution >= 4 is 11.9 Å². The number of hydrogen-bond acceptors (Lipinski definition) is 4. The summed E-state index contributed by atoms with van der Waals surface area (Å²) in [6.45, 7) is 2.46. The summed E-state index contributed by atoms with van der Waals surface area (Å²) in [4.78, 5) is 24.1. The highest BCUT2D eigenvalue weighted by molar-refractivity contribution is 5.84. The first-order valence-corrected chi connectivity index (χ1v) is 5.90. The number of carbonyl (C=O) groups excluding carboxylic acids is 1. The molecular weight excluding hydrogens is 224 g/mol. The predicted molar refractivity (Wildman–Crippen MR) is 61.2 cm³/mol. The second-order valence-corrected chi connectivity index (χ2v) is 4.50. The van der Waals surface area contributed by atoms with Gasteiger partial charge in [-0.25, -0.2) is 4.79 Å². The fourth-order valence-electron chi connectivity index (χ4n) is 2.08. The van der Waals surface area contributed by atoms with Crippen LogP contribution in [0.4, 0.5) is 0 Å². The minimum atomic E-state index is -1.06. The number of carbonyl (C=O) groups is 2. The molecule has 0 bridgehead atoms. The van der Waals surface area contributed by atoms with Crippen molar-refractivity contribution in [2.45, 2.75) is 38.3 Å². The Morgan fingerprint density at radius 3 is 2.65 bits per heavy atom. The van der Waals surface area contributed by atoms with Gasteiger partial charge >= 0.3 is 5.97 Å². The summed E-state index contributed by atoms with van der Waals surface area (Å²) in [5.74, 6) is -1.21. The van der Waals surface area contributed by atoms with Crippen molar-refractivity contribution in [3.05, 3.63) is 0 Å². The van der Waals surface area contributed by atoms with E-state index in [4.69, 9.17) is 10.8 Å². The molecule has 1 aliphatic heterocycles. The van der Waals surface area contributed by atoms with Crippen molar-refractivity contribution in [1.29, 1.82) is 0 Å². The molecule has 4 N–H and O–H groups in total. The van der Waals surface area contributed by atoms with Gasteiger partial charge < -0.3 is 20.8 Å². The number of carboxylic acids is 1. The number of likely N-dealkylation sites (tertiary alicyclic amines) is 1. The van der Waals surface area contributed by atoms with Gasteiger partial charge in [0.1, 0.15) is 6.04 Å². The Kier molecular flexibility index (Phi) is 4.89. The molecule has 6 heteroatoms. The summed E-state index contributed by atoms with van der Waals surface area (Å²) in [5, 5.41) is 18.4. The Morgan fingerprint density at radius 1 is 1.53 bits per heavy atom. The zero-order valence-corrected chi connectivity index (χ0v) is 10.0. The average molecular weight is 244 g/mol. The number of rotatable bonds is 5. The molecule has 0 aromatic heterocycles. The third-order valence-corrected chi connectivity index (χ3v) is 3.26. The Morgan fingerprint density at radius 2 is 2.18 bits per heavy atom. The maximum absolute atomic E-state index is 11.9. The lowest BCUT2D eigenvalue weighted by molar-refractivity contribution is -0.148. The smallest absolute Gasteiger partial charge is 0.326 e. The van der Waals surface area contributed by atoms with Crippen LogP contribution in [0.3, 0.4) is 0 Å². The molecule has 0 aromatic carbocycles. The zero-order chi connectivity index (χ0) is 13.0. The van der Waals surface area contributed by atoms with Crippen molar-refractivity contribution < 1.29 is 19.8 Å². The third kappa shape index (κ3) is 3.41. The minimum Gasteiger partial charge on any atom is -0.480 e. The van der Waals surface area contributed by atoms with Gasteiger partial charge in [0.15, 0.2) is 0 Å². The fraction of sp³-hybridized carbons (Fsp3) is 0.818. The van der Waals surface area contributed by atoms with E-state index in [0.717, 1.165) is 6.42 Å². The quantitative estimate of drug-likeness (QED) is 0.599. The number of carboxylic acid groups (broad SMARTS) is 1. The number of nitrogens with two attached hydrogens (primary N) is 1. The van der Waals surface area contributed by atoms with Gasteiger partial charge in [-0.1, -0.05) is 13.3 Å². The van der Waals surface area contributed by atoms with Gasteiger partial charge in [0.25, 0.3) is 0 Å². The van der Waals surface area contributed by atoms with Crippen LogP contribution in [0.1, 0.15) is 26.2 Å². The predicted octanol–water partition coefficient (Wildman–Crippen LogP) is -0.592. The zero-order valence-electron chi connectivity index (χ0n) is 10.0. The number of aliphatic carboxylic acids is 1. The van der Waals surface area contributed by atoms with Gasteiger partial charge in [-0.05, 0) is 12.5 Å². The molecule has 0 radical (unpaired) electrons. The SMILES string of the molecule is CCC(CN)CC(=O)N1CC(O)CC1C(=O)O. The molecule has 1 saturated heterocycles. The van der Waals surface area contributed by atoms with Crippen LogP contribution in [0.5, 0.6) is 0 Å². The maximum Gasteiger partial charge on any atom is 0.326 e. The molecule has 17 heavy (non-hydrogen) atoms. The van der Waals surface area contributed by atoms with Crippen molar-refractivity contribution in [2.24, 2.45) is 11.7 Å². The van der Waals surface area contributed by atoms with E-state index in [1.807, 2.05) is 6.92 Å². The standard InChI is InChI=1S/C11H20N2O4/c1-2-7(5-12)3-10(15)13-6-8(14)4-9(13)11(16)17/h7-9,14H,2-6,12H2,1H3,(H,16,17). The van der Waals surface area contributed by atoms with E-state index in [9.17, 15) is 14.7 Å². The lowest BCUT2D eigenvalue weighted by Gasteiger charge is -2.23. The number of aliphatic hydroxyl groups is 1. The molecule has 1 aliphatic rings. The number of β-amino-alcohol motifs (C(OH)–C–C–N with tert-alkyl or cyclic N) is 1. The van der Waals surface area contributed by atoms with Crippen LogP contribution in [0, 0.1) is 5.92 Å². The molecule has 1 fully saturated rings. The van der Waals surface area contributed by atoms with Crippen molar-refractivity contribution in [2.75, 3.05) is 13.1 Å². The van der Waals surface area contributed by atoms with E-state index in [2.05, 4.69) is 0 Å². The summed E-state index contributed by atoms with van der Waals surface area (Å²) < 4.78 is 0. The molecule has 1 heterocycles. The van der Waals surface area contributed by atoms with E-state index in [-0.39, 0.29) is 31.2 Å². The summed E-state index contributed by atoms with van der Waals surface area (Å²) in [5.41, 5.74) is 5.52. The van der Waals surface area contributed by atoms with Crippen LogP contribution in [-0.2, 0) is 9.59 Å². The molecule has 98 valence electrons. The number of amides is 1. The number of nitrogens with zero attached hydrogens (tertiary/aromatic N) is 1. The van der Waals surface area contributed by atoms with E-state index >= 15 is 0 Å². The number of aliphatic hydroxyl groups excluding tert-OH is 1. The van der Waals surface area contributed by atoms with Gasteiger partial charge in [-0.2, -0.15) is 0 Å². The van der Waals surface area contributed by atoms with E-state index < -0.39 is 18.1 Å². The lowest BCUT2D eigenvalue weighted by Crippen LogP contribution is -2.41. The first-order chi connectivity index (χ1) is 7.99. The average Bonchev–Trinajstić information content (AvgIpc) is 2.68. The van der Waals surface area contributed by atoms with Gasteiger partial charge in [0, 0.05) is 19.4 Å². The normalized spacial score (nSPS) is 25.9. The highest BCUT2D eigenvalue weighted by Crippen LogP contribution is 2.21. The van der Waals surface area contributed by atoms with Crippen molar-refractivity contribution in [1.82, 2.24) is 4.90 Å². The number of hydrogen-bond donors (Lipinski definition) is 3. The Labute approximate surface area is 100 Å². The summed E-state index contributed by atoms with van der Waals surface area (Å²) in [7, 11) is 0. The molecule has 1 rings (SSSR count). The van der Waals surface area contributed by atoms with Crippen molar-refractivity contribution in [3.8, 4) is 0 Å². The second-order valence-electron chi connectivity index (χ2n) is 4.50. The molecule has 0 saturated carbocycles. The van der Waals surface area contributed by atoms with Crippen LogP contribution in [0.15, 0.2) is 0 Å². The fourth-order valence-corrected chi connectivity index (χ4v) is 2.08. The molecule has 6 nitrogen and oxygen atoms in total. The third-order valence-electron chi connectivity index (χ3n) is 3.26. The van der Waals surface area contributed by atoms with E-state index in [1.165, 1.54) is 4.90 Å². The van der Waals surface area contributed by atoms with Crippen LogP contribution < -0.4 is 5.73 Å².